The zero-order valence-corrected chi connectivity index (χ0v) is 8.57. The van der Waals surface area contributed by atoms with Crippen molar-refractivity contribution in [2.24, 2.45) is 0 Å². The third-order valence-electron chi connectivity index (χ3n) is 2.20. The van der Waals surface area contributed by atoms with Gasteiger partial charge in [-0.1, -0.05) is 0 Å². The number of hydrogen-bond acceptors (Lipinski definition) is 3. The maximum Gasteiger partial charge on any atom is 0.148 e. The van der Waals surface area contributed by atoms with Crippen LogP contribution in [0.5, 0.6) is 0 Å². The van der Waals surface area contributed by atoms with Crippen LogP contribution in [0.2, 0.25) is 0 Å². The molecule has 0 saturated heterocycles. The average molecular weight is 217 g/mol. The molecule has 0 bridgehead atoms. The summed E-state index contributed by atoms with van der Waals surface area (Å²) in [5.41, 5.74) is 13.3. The van der Waals surface area contributed by atoms with Crippen molar-refractivity contribution in [2.75, 3.05) is 16.8 Å². The van der Waals surface area contributed by atoms with Crippen LogP contribution in [0, 0.1) is 5.82 Å². The Morgan fingerprint density at radius 1 is 0.875 bits per heavy atom. The van der Waals surface area contributed by atoms with Crippen LogP contribution in [-0.4, -0.2) is 0 Å². The summed E-state index contributed by atoms with van der Waals surface area (Å²) >= 11 is 0. The van der Waals surface area contributed by atoms with E-state index in [-0.39, 0.29) is 5.69 Å². The number of benzene rings is 2. The van der Waals surface area contributed by atoms with Gasteiger partial charge in [-0.3, -0.25) is 0 Å². The molecule has 0 saturated carbocycles. The van der Waals surface area contributed by atoms with Gasteiger partial charge in [0.1, 0.15) is 5.82 Å². The van der Waals surface area contributed by atoms with Crippen molar-refractivity contribution < 1.29 is 4.39 Å². The Kier molecular flexibility index (Phi) is 2.64. The minimum atomic E-state index is -0.430. The number of anilines is 4. The Bertz CT molecular complexity index is 494. The summed E-state index contributed by atoms with van der Waals surface area (Å²) in [6.45, 7) is 0. The minimum Gasteiger partial charge on any atom is -0.399 e. The van der Waals surface area contributed by atoms with E-state index in [1.165, 1.54) is 12.1 Å². The molecule has 2 aromatic rings. The van der Waals surface area contributed by atoms with Gasteiger partial charge in [0, 0.05) is 17.1 Å². The fourth-order valence-corrected chi connectivity index (χ4v) is 1.34. The number of rotatable bonds is 2. The molecule has 5 N–H and O–H groups in total. The van der Waals surface area contributed by atoms with Crippen LogP contribution in [0.1, 0.15) is 0 Å². The van der Waals surface area contributed by atoms with Crippen molar-refractivity contribution in [2.45, 2.75) is 0 Å². The van der Waals surface area contributed by atoms with Gasteiger partial charge in [0.25, 0.3) is 0 Å². The van der Waals surface area contributed by atoms with Gasteiger partial charge >= 0.3 is 0 Å². The molecule has 16 heavy (non-hydrogen) atoms. The Balaban J connectivity index is 2.20. The quantitative estimate of drug-likeness (QED) is 0.678. The van der Waals surface area contributed by atoms with Gasteiger partial charge in [-0.15, -0.1) is 0 Å². The van der Waals surface area contributed by atoms with Gasteiger partial charge in [-0.2, -0.15) is 0 Å². The first-order valence-electron chi connectivity index (χ1n) is 4.83. The second-order valence-electron chi connectivity index (χ2n) is 3.48. The summed E-state index contributed by atoms with van der Waals surface area (Å²) in [6.07, 6.45) is 0. The van der Waals surface area contributed by atoms with E-state index in [1.54, 1.807) is 18.2 Å². The monoisotopic (exact) mass is 217 g/mol. The Hall–Kier alpha value is -2.23. The first-order chi connectivity index (χ1) is 7.65. The zero-order valence-electron chi connectivity index (χ0n) is 8.57. The lowest BCUT2D eigenvalue weighted by molar-refractivity contribution is 0.633. The highest BCUT2D eigenvalue weighted by Crippen LogP contribution is 2.21. The highest BCUT2D eigenvalue weighted by atomic mass is 19.1. The number of nitrogens with two attached hydrogens (primary N) is 2. The first-order valence-corrected chi connectivity index (χ1v) is 4.83. The van der Waals surface area contributed by atoms with E-state index < -0.39 is 5.82 Å². The molecule has 0 spiro atoms. The van der Waals surface area contributed by atoms with Crippen molar-refractivity contribution >= 4 is 22.7 Å². The summed E-state index contributed by atoms with van der Waals surface area (Å²) in [5, 5.41) is 3.05. The predicted molar refractivity (Wildman–Crippen MR) is 64.9 cm³/mol. The highest BCUT2D eigenvalue weighted by molar-refractivity contribution is 5.63. The molecule has 0 aliphatic carbocycles. The summed E-state index contributed by atoms with van der Waals surface area (Å²) in [4.78, 5) is 0. The molecule has 0 atom stereocenters. The molecule has 0 fully saturated rings. The SMILES string of the molecule is Nc1ccc(Nc2ccc(N)c(F)c2)cc1. The van der Waals surface area contributed by atoms with Crippen molar-refractivity contribution in [3.8, 4) is 0 Å². The van der Waals surface area contributed by atoms with Crippen LogP contribution in [0.4, 0.5) is 27.1 Å². The van der Waals surface area contributed by atoms with Gasteiger partial charge < -0.3 is 16.8 Å². The fraction of sp³-hybridized carbons (Fsp3) is 0. The van der Waals surface area contributed by atoms with E-state index in [2.05, 4.69) is 5.32 Å². The minimum absolute atomic E-state index is 0.142. The van der Waals surface area contributed by atoms with Gasteiger partial charge in [0.05, 0.1) is 5.69 Å². The lowest BCUT2D eigenvalue weighted by Gasteiger charge is -2.07. The van der Waals surface area contributed by atoms with Crippen LogP contribution in [-0.2, 0) is 0 Å². The maximum atomic E-state index is 13.2. The Labute approximate surface area is 92.9 Å². The van der Waals surface area contributed by atoms with E-state index in [1.807, 2.05) is 12.1 Å². The molecule has 2 rings (SSSR count). The molecular weight excluding hydrogens is 205 g/mol. The molecule has 0 radical (unpaired) electrons. The molecule has 4 heteroatoms. The highest BCUT2D eigenvalue weighted by Gasteiger charge is 2.00. The van der Waals surface area contributed by atoms with Gasteiger partial charge in [-0.05, 0) is 42.5 Å². The molecular formula is C12H12FN3. The molecule has 0 unspecified atom stereocenters. The van der Waals surface area contributed by atoms with Crippen LogP contribution in [0.3, 0.4) is 0 Å². The van der Waals surface area contributed by atoms with E-state index in [0.717, 1.165) is 5.69 Å². The predicted octanol–water partition coefficient (Wildman–Crippen LogP) is 2.73. The molecule has 0 aliphatic rings. The third-order valence-corrected chi connectivity index (χ3v) is 2.20. The molecule has 0 aromatic heterocycles. The number of nitrogens with one attached hydrogen (secondary N) is 1. The van der Waals surface area contributed by atoms with Gasteiger partial charge in [-0.25, -0.2) is 4.39 Å². The Morgan fingerprint density at radius 2 is 1.50 bits per heavy atom. The standard InChI is InChI=1S/C12H12FN3/c13-11-7-10(5-6-12(11)15)16-9-3-1-8(14)2-4-9/h1-7,16H,14-15H2. The molecule has 0 aliphatic heterocycles. The largest absolute Gasteiger partial charge is 0.399 e. The van der Waals surface area contributed by atoms with Crippen molar-refractivity contribution in [3.05, 3.63) is 48.3 Å². The molecule has 3 nitrogen and oxygen atoms in total. The maximum absolute atomic E-state index is 13.2. The Morgan fingerprint density at radius 3 is 2.12 bits per heavy atom. The molecule has 2 aromatic carbocycles. The van der Waals surface area contributed by atoms with Crippen molar-refractivity contribution in [3.63, 3.8) is 0 Å². The topological polar surface area (TPSA) is 64.1 Å². The van der Waals surface area contributed by atoms with E-state index in [9.17, 15) is 4.39 Å². The second kappa shape index (κ2) is 4.10. The van der Waals surface area contributed by atoms with E-state index >= 15 is 0 Å². The summed E-state index contributed by atoms with van der Waals surface area (Å²) in [5.74, 6) is -0.430. The van der Waals surface area contributed by atoms with Crippen LogP contribution in [0.25, 0.3) is 0 Å². The second-order valence-corrected chi connectivity index (χ2v) is 3.48. The lowest BCUT2D eigenvalue weighted by atomic mass is 10.2. The number of halogens is 1. The lowest BCUT2D eigenvalue weighted by Crippen LogP contribution is -1.94. The molecule has 0 heterocycles. The van der Waals surface area contributed by atoms with Crippen LogP contribution < -0.4 is 16.8 Å². The van der Waals surface area contributed by atoms with Gasteiger partial charge in [0.15, 0.2) is 0 Å². The van der Waals surface area contributed by atoms with E-state index in [4.69, 9.17) is 11.5 Å². The van der Waals surface area contributed by atoms with Crippen LogP contribution in [0.15, 0.2) is 42.5 Å². The number of hydrogen-bond donors (Lipinski definition) is 3. The first kappa shape index (κ1) is 10.3. The average Bonchev–Trinajstić information content (AvgIpc) is 2.27. The summed E-state index contributed by atoms with van der Waals surface area (Å²) in [6, 6.07) is 11.8. The third kappa shape index (κ3) is 2.23. The summed E-state index contributed by atoms with van der Waals surface area (Å²) < 4.78 is 13.2. The number of nitrogen functional groups attached to an aromatic ring is 2. The molecule has 82 valence electrons. The van der Waals surface area contributed by atoms with E-state index in [0.29, 0.717) is 11.4 Å². The normalized spacial score (nSPS) is 10.1. The smallest absolute Gasteiger partial charge is 0.148 e. The fourth-order valence-electron chi connectivity index (χ4n) is 1.34. The van der Waals surface area contributed by atoms with Crippen molar-refractivity contribution in [1.82, 2.24) is 0 Å². The van der Waals surface area contributed by atoms with Crippen molar-refractivity contribution in [1.29, 1.82) is 0 Å². The summed E-state index contributed by atoms with van der Waals surface area (Å²) in [7, 11) is 0. The van der Waals surface area contributed by atoms with Gasteiger partial charge in [0.2, 0.25) is 0 Å². The zero-order chi connectivity index (χ0) is 11.5. The molecule has 0 amide bonds. The van der Waals surface area contributed by atoms with Crippen LogP contribution >= 0.6 is 0 Å².